The fourth-order valence-electron chi connectivity index (χ4n) is 1.90. The first kappa shape index (κ1) is 19.0. The highest BCUT2D eigenvalue weighted by atomic mass is 19.4. The Balaban J connectivity index is 3.06. The van der Waals surface area contributed by atoms with E-state index in [9.17, 15) is 22.8 Å². The van der Waals surface area contributed by atoms with Gasteiger partial charge in [0, 0.05) is 7.11 Å². The van der Waals surface area contributed by atoms with Crippen molar-refractivity contribution in [3.05, 3.63) is 35.4 Å². The predicted molar refractivity (Wildman–Crippen MR) is 75.9 cm³/mol. The van der Waals surface area contributed by atoms with Gasteiger partial charge in [-0.3, -0.25) is 4.79 Å². The van der Waals surface area contributed by atoms with Crippen LogP contribution < -0.4 is 5.32 Å². The zero-order valence-electron chi connectivity index (χ0n) is 12.9. The summed E-state index contributed by atoms with van der Waals surface area (Å²) in [7, 11) is 1.28. The standard InChI is InChI=1S/C15H18F3NO4/c1-14(2,13(22)19-11(8-23-3)12(20)21)9-5-4-6-10(7-9)15(16,17)18/h4-7,11H,8H2,1-3H3,(H,19,22)(H,20,21). The predicted octanol–water partition coefficient (Wildman–Crippen LogP) is 2.20. The van der Waals surface area contributed by atoms with Gasteiger partial charge in [-0.1, -0.05) is 18.2 Å². The van der Waals surface area contributed by atoms with E-state index in [0.717, 1.165) is 12.1 Å². The second kappa shape index (κ2) is 6.99. The number of carbonyl (C=O) groups excluding carboxylic acids is 1. The first-order valence-electron chi connectivity index (χ1n) is 6.70. The van der Waals surface area contributed by atoms with Crippen molar-refractivity contribution in [1.82, 2.24) is 5.32 Å². The number of hydrogen-bond acceptors (Lipinski definition) is 3. The lowest BCUT2D eigenvalue weighted by Crippen LogP contribution is -2.50. The summed E-state index contributed by atoms with van der Waals surface area (Å²) < 4.78 is 43.0. The number of ether oxygens (including phenoxy) is 1. The molecular formula is C15H18F3NO4. The molecule has 1 amide bonds. The zero-order chi connectivity index (χ0) is 17.8. The monoisotopic (exact) mass is 333 g/mol. The Morgan fingerprint density at radius 2 is 1.83 bits per heavy atom. The average Bonchev–Trinajstić information content (AvgIpc) is 2.45. The molecule has 0 heterocycles. The molecule has 1 aromatic carbocycles. The van der Waals surface area contributed by atoms with Crippen LogP contribution >= 0.6 is 0 Å². The molecule has 128 valence electrons. The van der Waals surface area contributed by atoms with E-state index in [2.05, 4.69) is 5.32 Å². The summed E-state index contributed by atoms with van der Waals surface area (Å²) in [5, 5.41) is 11.3. The molecule has 0 saturated carbocycles. The maximum absolute atomic E-state index is 12.8. The molecule has 1 aromatic rings. The topological polar surface area (TPSA) is 75.6 Å². The van der Waals surface area contributed by atoms with Gasteiger partial charge in [-0.05, 0) is 25.5 Å². The molecule has 0 radical (unpaired) electrons. The van der Waals surface area contributed by atoms with Crippen LogP contribution in [-0.4, -0.2) is 36.7 Å². The Bertz CT molecular complexity index is 584. The molecule has 0 spiro atoms. The van der Waals surface area contributed by atoms with E-state index in [0.29, 0.717) is 0 Å². The lowest BCUT2D eigenvalue weighted by atomic mass is 9.82. The van der Waals surface area contributed by atoms with Crippen molar-refractivity contribution in [3.8, 4) is 0 Å². The fourth-order valence-corrected chi connectivity index (χ4v) is 1.90. The largest absolute Gasteiger partial charge is 0.480 e. The summed E-state index contributed by atoms with van der Waals surface area (Å²) >= 11 is 0. The molecule has 0 aliphatic carbocycles. The third kappa shape index (κ3) is 4.69. The molecule has 1 rings (SSSR count). The molecule has 0 aliphatic rings. The number of rotatable bonds is 6. The number of methoxy groups -OCH3 is 1. The summed E-state index contributed by atoms with van der Waals surface area (Å²) in [5.41, 5.74) is -2.09. The second-order valence-electron chi connectivity index (χ2n) is 5.52. The van der Waals surface area contributed by atoms with Gasteiger partial charge in [0.1, 0.15) is 0 Å². The van der Waals surface area contributed by atoms with E-state index in [1.54, 1.807) is 0 Å². The van der Waals surface area contributed by atoms with Crippen molar-refractivity contribution in [1.29, 1.82) is 0 Å². The Morgan fingerprint density at radius 1 is 1.26 bits per heavy atom. The lowest BCUT2D eigenvalue weighted by molar-refractivity contribution is -0.144. The van der Waals surface area contributed by atoms with Gasteiger partial charge in [-0.15, -0.1) is 0 Å². The Hall–Kier alpha value is -2.09. The van der Waals surface area contributed by atoms with Crippen LogP contribution in [0, 0.1) is 0 Å². The van der Waals surface area contributed by atoms with Crippen LogP contribution in [0.5, 0.6) is 0 Å². The van der Waals surface area contributed by atoms with Crippen LogP contribution in [0.2, 0.25) is 0 Å². The minimum atomic E-state index is -4.53. The van der Waals surface area contributed by atoms with Crippen LogP contribution in [0.15, 0.2) is 24.3 Å². The summed E-state index contributed by atoms with van der Waals surface area (Å²) in [6.07, 6.45) is -4.53. The van der Waals surface area contributed by atoms with Gasteiger partial charge in [0.2, 0.25) is 5.91 Å². The van der Waals surface area contributed by atoms with Crippen molar-refractivity contribution < 1.29 is 32.6 Å². The van der Waals surface area contributed by atoms with Crippen LogP contribution in [0.4, 0.5) is 13.2 Å². The minimum Gasteiger partial charge on any atom is -0.480 e. The third-order valence-corrected chi connectivity index (χ3v) is 3.42. The molecule has 1 atom stereocenters. The van der Waals surface area contributed by atoms with Gasteiger partial charge in [-0.25, -0.2) is 4.79 Å². The lowest BCUT2D eigenvalue weighted by Gasteiger charge is -2.27. The van der Waals surface area contributed by atoms with E-state index >= 15 is 0 Å². The van der Waals surface area contributed by atoms with Crippen molar-refractivity contribution in [2.75, 3.05) is 13.7 Å². The van der Waals surface area contributed by atoms with E-state index < -0.39 is 35.1 Å². The van der Waals surface area contributed by atoms with Crippen LogP contribution in [0.25, 0.3) is 0 Å². The number of amides is 1. The van der Waals surface area contributed by atoms with Crippen molar-refractivity contribution in [3.63, 3.8) is 0 Å². The number of carbonyl (C=O) groups is 2. The number of nitrogens with one attached hydrogen (secondary N) is 1. The van der Waals surface area contributed by atoms with Gasteiger partial charge in [0.15, 0.2) is 6.04 Å². The second-order valence-corrected chi connectivity index (χ2v) is 5.52. The Labute approximate surface area is 131 Å². The number of carboxylic acid groups (broad SMARTS) is 1. The van der Waals surface area contributed by atoms with E-state index in [1.807, 2.05) is 0 Å². The molecule has 5 nitrogen and oxygen atoms in total. The third-order valence-electron chi connectivity index (χ3n) is 3.42. The summed E-state index contributed by atoms with van der Waals surface area (Å²) in [4.78, 5) is 23.3. The molecule has 2 N–H and O–H groups in total. The first-order valence-corrected chi connectivity index (χ1v) is 6.70. The molecule has 0 aromatic heterocycles. The molecule has 0 aliphatic heterocycles. The summed E-state index contributed by atoms with van der Waals surface area (Å²) in [6, 6.07) is 3.10. The summed E-state index contributed by atoms with van der Waals surface area (Å²) in [6.45, 7) is 2.59. The fraction of sp³-hybridized carbons (Fsp3) is 0.467. The highest BCUT2D eigenvalue weighted by Gasteiger charge is 2.36. The first-order chi connectivity index (χ1) is 10.5. The highest BCUT2D eigenvalue weighted by Crippen LogP contribution is 2.32. The Kier molecular flexibility index (Phi) is 5.76. The molecule has 0 bridgehead atoms. The molecule has 0 fully saturated rings. The van der Waals surface area contributed by atoms with Gasteiger partial charge in [0.05, 0.1) is 17.6 Å². The van der Waals surface area contributed by atoms with Gasteiger partial charge in [0.25, 0.3) is 0 Å². The average molecular weight is 333 g/mol. The van der Waals surface area contributed by atoms with Gasteiger partial charge >= 0.3 is 12.1 Å². The SMILES string of the molecule is COCC(NC(=O)C(C)(C)c1cccc(C(F)(F)F)c1)C(=O)O. The van der Waals surface area contributed by atoms with Gasteiger partial charge in [-0.2, -0.15) is 13.2 Å². The van der Waals surface area contributed by atoms with Crippen molar-refractivity contribution >= 4 is 11.9 Å². The summed E-state index contributed by atoms with van der Waals surface area (Å²) in [5.74, 6) is -2.00. The smallest absolute Gasteiger partial charge is 0.416 e. The molecule has 1 unspecified atom stereocenters. The number of benzene rings is 1. The normalized spacial score (nSPS) is 13.5. The van der Waals surface area contributed by atoms with Crippen LogP contribution in [0.1, 0.15) is 25.0 Å². The quantitative estimate of drug-likeness (QED) is 0.837. The van der Waals surface area contributed by atoms with Crippen molar-refractivity contribution in [2.24, 2.45) is 0 Å². The van der Waals surface area contributed by atoms with Gasteiger partial charge < -0.3 is 15.2 Å². The molecule has 8 heteroatoms. The van der Waals surface area contributed by atoms with E-state index in [-0.39, 0.29) is 12.2 Å². The number of hydrogen-bond donors (Lipinski definition) is 2. The molecule has 23 heavy (non-hydrogen) atoms. The minimum absolute atomic E-state index is 0.131. The number of aliphatic carboxylic acids is 1. The van der Waals surface area contributed by atoms with E-state index in [1.165, 1.54) is 33.1 Å². The van der Waals surface area contributed by atoms with Crippen LogP contribution in [-0.2, 0) is 25.9 Å². The Morgan fingerprint density at radius 3 is 2.30 bits per heavy atom. The molecular weight excluding hydrogens is 315 g/mol. The highest BCUT2D eigenvalue weighted by molar-refractivity contribution is 5.90. The maximum Gasteiger partial charge on any atom is 0.416 e. The maximum atomic E-state index is 12.8. The zero-order valence-corrected chi connectivity index (χ0v) is 12.9. The molecule has 0 saturated heterocycles. The van der Waals surface area contributed by atoms with Crippen LogP contribution in [0.3, 0.4) is 0 Å². The van der Waals surface area contributed by atoms with Crippen molar-refractivity contribution in [2.45, 2.75) is 31.5 Å². The number of alkyl halides is 3. The van der Waals surface area contributed by atoms with E-state index in [4.69, 9.17) is 9.84 Å². The number of halogens is 3. The number of carboxylic acids is 1.